The first kappa shape index (κ1) is 18.1. The van der Waals surface area contributed by atoms with Gasteiger partial charge in [0.25, 0.3) is 0 Å². The fraction of sp³-hybridized carbons (Fsp3) is 0.200. The molecule has 1 heterocycles. The molecule has 1 atom stereocenters. The first-order valence-electron chi connectivity index (χ1n) is 8.36. The van der Waals surface area contributed by atoms with E-state index in [-0.39, 0.29) is 16.8 Å². The van der Waals surface area contributed by atoms with Crippen molar-refractivity contribution in [3.05, 3.63) is 77.2 Å². The molecule has 0 amide bonds. The van der Waals surface area contributed by atoms with Crippen LogP contribution in [0.1, 0.15) is 30.6 Å². The van der Waals surface area contributed by atoms with Crippen LogP contribution in [0.15, 0.2) is 60.9 Å². The molecule has 0 aliphatic rings. The summed E-state index contributed by atoms with van der Waals surface area (Å²) in [5.74, 6) is 1.94. The Bertz CT molecular complexity index is 861. The Kier molecular flexibility index (Phi) is 6.02. The molecule has 0 saturated carbocycles. The Morgan fingerprint density at radius 3 is 2.58 bits per heavy atom. The van der Waals surface area contributed by atoms with Gasteiger partial charge in [-0.3, -0.25) is 0 Å². The van der Waals surface area contributed by atoms with Crippen LogP contribution in [0.3, 0.4) is 0 Å². The minimum absolute atomic E-state index is 0.0471. The molecule has 0 saturated heterocycles. The number of nitrogens with zero attached hydrogens (tertiary/aromatic N) is 2. The van der Waals surface area contributed by atoms with Gasteiger partial charge in [-0.25, -0.2) is 14.4 Å². The molecule has 0 aliphatic carbocycles. The molecular formula is C20H19ClFN3O. The van der Waals surface area contributed by atoms with Crippen molar-refractivity contribution in [2.45, 2.75) is 26.1 Å². The molecule has 0 aliphatic heterocycles. The molecule has 0 bridgehead atoms. The van der Waals surface area contributed by atoms with Crippen LogP contribution in [0.5, 0.6) is 11.5 Å². The number of halogens is 2. The quantitative estimate of drug-likeness (QED) is 0.557. The first-order chi connectivity index (χ1) is 12.7. The molecule has 3 aromatic rings. The average Bonchev–Trinajstić information content (AvgIpc) is 2.68. The molecule has 0 radical (unpaired) electrons. The zero-order valence-corrected chi connectivity index (χ0v) is 15.1. The zero-order valence-electron chi connectivity index (χ0n) is 14.3. The van der Waals surface area contributed by atoms with E-state index in [1.807, 2.05) is 61.5 Å². The van der Waals surface area contributed by atoms with Gasteiger partial charge in [0.2, 0.25) is 0 Å². The molecule has 4 nitrogen and oxygen atoms in total. The minimum atomic E-state index is -0.729. The molecule has 3 rings (SSSR count). The summed E-state index contributed by atoms with van der Waals surface area (Å²) in [5, 5.41) is 3.49. The van der Waals surface area contributed by atoms with Gasteiger partial charge in [0.1, 0.15) is 35.3 Å². The predicted molar refractivity (Wildman–Crippen MR) is 101 cm³/mol. The van der Waals surface area contributed by atoms with Gasteiger partial charge in [0.05, 0.1) is 11.7 Å². The standard InChI is InChI=1S/C20H19ClFN3O/c1-2-17(25-20-19(21)18(12-22)23-13-24-20)14-7-6-10-16(11-14)26-15-8-4-3-5-9-15/h3-11,13,17H,2,12H2,1H3,(H,23,24,25). The number of aromatic nitrogens is 2. The van der Waals surface area contributed by atoms with Gasteiger partial charge < -0.3 is 10.1 Å². The van der Waals surface area contributed by atoms with Gasteiger partial charge in [-0.05, 0) is 36.2 Å². The van der Waals surface area contributed by atoms with Crippen molar-refractivity contribution >= 4 is 17.4 Å². The van der Waals surface area contributed by atoms with Crippen LogP contribution in [-0.2, 0) is 6.67 Å². The molecule has 0 fully saturated rings. The molecule has 26 heavy (non-hydrogen) atoms. The van der Waals surface area contributed by atoms with Crippen LogP contribution in [0.4, 0.5) is 10.2 Å². The van der Waals surface area contributed by atoms with Crippen LogP contribution in [0.25, 0.3) is 0 Å². The van der Waals surface area contributed by atoms with E-state index < -0.39 is 6.67 Å². The third-order valence-corrected chi connectivity index (χ3v) is 4.34. The largest absolute Gasteiger partial charge is 0.457 e. The summed E-state index contributed by atoms with van der Waals surface area (Å²) < 4.78 is 18.8. The van der Waals surface area contributed by atoms with Gasteiger partial charge in [-0.15, -0.1) is 0 Å². The van der Waals surface area contributed by atoms with Crippen LogP contribution in [-0.4, -0.2) is 9.97 Å². The summed E-state index contributed by atoms with van der Waals surface area (Å²) >= 11 is 6.18. The molecule has 134 valence electrons. The SMILES string of the molecule is CCC(Nc1ncnc(CF)c1Cl)c1cccc(Oc2ccccc2)c1. The Labute approximate surface area is 157 Å². The first-order valence-corrected chi connectivity index (χ1v) is 8.73. The Balaban J connectivity index is 1.81. The normalized spacial score (nSPS) is 11.8. The summed E-state index contributed by atoms with van der Waals surface area (Å²) in [6.45, 7) is 1.32. The molecule has 0 spiro atoms. The second kappa shape index (κ2) is 8.63. The number of hydrogen-bond donors (Lipinski definition) is 1. The number of alkyl halides is 1. The van der Waals surface area contributed by atoms with Crippen molar-refractivity contribution in [2.75, 3.05) is 5.32 Å². The highest BCUT2D eigenvalue weighted by molar-refractivity contribution is 6.33. The molecule has 6 heteroatoms. The Morgan fingerprint density at radius 2 is 1.85 bits per heavy atom. The zero-order chi connectivity index (χ0) is 18.4. The summed E-state index contributed by atoms with van der Waals surface area (Å²) in [4.78, 5) is 7.98. The van der Waals surface area contributed by atoms with E-state index in [4.69, 9.17) is 16.3 Å². The number of rotatable bonds is 7. The lowest BCUT2D eigenvalue weighted by atomic mass is 10.0. The fourth-order valence-electron chi connectivity index (χ4n) is 2.61. The Morgan fingerprint density at radius 1 is 1.08 bits per heavy atom. The van der Waals surface area contributed by atoms with Crippen molar-refractivity contribution in [1.29, 1.82) is 0 Å². The lowest BCUT2D eigenvalue weighted by Gasteiger charge is -2.20. The van der Waals surface area contributed by atoms with Crippen LogP contribution >= 0.6 is 11.6 Å². The summed E-state index contributed by atoms with van der Waals surface area (Å²) in [5.41, 5.74) is 1.21. The van der Waals surface area contributed by atoms with Gasteiger partial charge in [-0.2, -0.15) is 0 Å². The Hall–Kier alpha value is -2.66. The monoisotopic (exact) mass is 371 g/mol. The van der Waals surface area contributed by atoms with Crippen molar-refractivity contribution < 1.29 is 9.13 Å². The maximum absolute atomic E-state index is 12.9. The van der Waals surface area contributed by atoms with E-state index >= 15 is 0 Å². The number of ether oxygens (including phenoxy) is 1. The van der Waals surface area contributed by atoms with E-state index in [2.05, 4.69) is 15.3 Å². The van der Waals surface area contributed by atoms with Crippen molar-refractivity contribution in [3.63, 3.8) is 0 Å². The smallest absolute Gasteiger partial charge is 0.149 e. The van der Waals surface area contributed by atoms with Crippen molar-refractivity contribution in [1.82, 2.24) is 9.97 Å². The van der Waals surface area contributed by atoms with E-state index in [1.54, 1.807) is 0 Å². The number of hydrogen-bond acceptors (Lipinski definition) is 4. The predicted octanol–water partition coefficient (Wildman–Crippen LogP) is 5.96. The highest BCUT2D eigenvalue weighted by Gasteiger charge is 2.15. The van der Waals surface area contributed by atoms with Crippen molar-refractivity contribution in [2.24, 2.45) is 0 Å². The van der Waals surface area contributed by atoms with E-state index in [1.165, 1.54) is 6.33 Å². The van der Waals surface area contributed by atoms with E-state index in [0.29, 0.717) is 5.82 Å². The van der Waals surface area contributed by atoms with Gasteiger partial charge in [-0.1, -0.05) is 48.9 Å². The third kappa shape index (κ3) is 4.29. The molecule has 2 aromatic carbocycles. The molecular weight excluding hydrogens is 353 g/mol. The summed E-state index contributed by atoms with van der Waals surface area (Å²) in [6, 6.07) is 17.4. The minimum Gasteiger partial charge on any atom is -0.457 e. The fourth-order valence-corrected chi connectivity index (χ4v) is 2.81. The maximum atomic E-state index is 12.9. The van der Waals surface area contributed by atoms with Crippen molar-refractivity contribution in [3.8, 4) is 11.5 Å². The summed E-state index contributed by atoms with van der Waals surface area (Å²) in [7, 11) is 0. The second-order valence-corrected chi connectivity index (χ2v) is 6.09. The van der Waals surface area contributed by atoms with E-state index in [0.717, 1.165) is 23.5 Å². The number of para-hydroxylation sites is 1. The van der Waals surface area contributed by atoms with Crippen LogP contribution < -0.4 is 10.1 Å². The lowest BCUT2D eigenvalue weighted by Crippen LogP contribution is -2.12. The highest BCUT2D eigenvalue weighted by Crippen LogP contribution is 2.30. The average molecular weight is 372 g/mol. The molecule has 1 aromatic heterocycles. The van der Waals surface area contributed by atoms with Crippen LogP contribution in [0, 0.1) is 0 Å². The maximum Gasteiger partial charge on any atom is 0.149 e. The topological polar surface area (TPSA) is 47.0 Å². The molecule has 1 N–H and O–H groups in total. The van der Waals surface area contributed by atoms with Gasteiger partial charge in [0.15, 0.2) is 0 Å². The van der Waals surface area contributed by atoms with E-state index in [9.17, 15) is 4.39 Å². The van der Waals surface area contributed by atoms with Gasteiger partial charge in [0, 0.05) is 0 Å². The summed E-state index contributed by atoms with van der Waals surface area (Å²) in [6.07, 6.45) is 2.10. The number of benzene rings is 2. The lowest BCUT2D eigenvalue weighted by molar-refractivity contribution is 0.475. The third-order valence-electron chi connectivity index (χ3n) is 3.95. The number of nitrogens with one attached hydrogen (secondary N) is 1. The number of anilines is 1. The highest BCUT2D eigenvalue weighted by atomic mass is 35.5. The second-order valence-electron chi connectivity index (χ2n) is 5.71. The molecule has 1 unspecified atom stereocenters. The van der Waals surface area contributed by atoms with Gasteiger partial charge >= 0.3 is 0 Å². The van der Waals surface area contributed by atoms with Crippen LogP contribution in [0.2, 0.25) is 5.02 Å².